The summed E-state index contributed by atoms with van der Waals surface area (Å²) in [4.78, 5) is 25.3. The van der Waals surface area contributed by atoms with Gasteiger partial charge in [-0.15, -0.1) is 0 Å². The highest BCUT2D eigenvalue weighted by Crippen LogP contribution is 2.14. The number of carbonyl (C=O) groups is 2. The van der Waals surface area contributed by atoms with E-state index in [4.69, 9.17) is 4.74 Å². The summed E-state index contributed by atoms with van der Waals surface area (Å²) in [5.41, 5.74) is 2.18. The van der Waals surface area contributed by atoms with Crippen molar-refractivity contribution in [2.45, 2.75) is 39.0 Å². The Kier molecular flexibility index (Phi) is 5.47. The molecule has 0 saturated carbocycles. The fourth-order valence-electron chi connectivity index (χ4n) is 2.54. The van der Waals surface area contributed by atoms with Crippen molar-refractivity contribution in [1.29, 1.82) is 0 Å². The van der Waals surface area contributed by atoms with Crippen molar-refractivity contribution < 1.29 is 14.3 Å². The lowest BCUT2D eigenvalue weighted by atomic mass is 10.1. The third-order valence-corrected chi connectivity index (χ3v) is 3.55. The first-order valence-electron chi connectivity index (χ1n) is 7.30. The lowest BCUT2D eigenvalue weighted by Gasteiger charge is -2.14. The lowest BCUT2D eigenvalue weighted by Crippen LogP contribution is -2.38. The van der Waals surface area contributed by atoms with Crippen LogP contribution in [0, 0.1) is 0 Å². The minimum Gasteiger partial charge on any atom is -0.380 e. The van der Waals surface area contributed by atoms with Gasteiger partial charge in [-0.25, -0.2) is 0 Å². The van der Waals surface area contributed by atoms with Crippen LogP contribution in [0.25, 0.3) is 0 Å². The normalized spacial score (nSPS) is 18.6. The number of hydrogen-bond acceptors (Lipinski definition) is 4. The van der Waals surface area contributed by atoms with E-state index in [0.717, 1.165) is 17.5 Å². The van der Waals surface area contributed by atoms with E-state index in [1.165, 1.54) is 4.90 Å². The van der Waals surface area contributed by atoms with Crippen LogP contribution in [-0.2, 0) is 27.5 Å². The Morgan fingerprint density at radius 2 is 2.10 bits per heavy atom. The molecule has 1 heterocycles. The summed E-state index contributed by atoms with van der Waals surface area (Å²) >= 11 is 0. The summed E-state index contributed by atoms with van der Waals surface area (Å²) < 4.78 is 5.11. The molecule has 1 unspecified atom stereocenters. The van der Waals surface area contributed by atoms with Gasteiger partial charge in [-0.05, 0) is 17.5 Å². The second-order valence-corrected chi connectivity index (χ2v) is 5.27. The molecule has 1 aliphatic heterocycles. The molecule has 1 aromatic carbocycles. The lowest BCUT2D eigenvalue weighted by molar-refractivity contribution is -0.138. The number of rotatable bonds is 7. The van der Waals surface area contributed by atoms with E-state index < -0.39 is 6.04 Å². The van der Waals surface area contributed by atoms with Gasteiger partial charge in [-0.2, -0.15) is 0 Å². The molecule has 114 valence electrons. The maximum Gasteiger partial charge on any atom is 0.246 e. The topological polar surface area (TPSA) is 58.6 Å². The number of nitrogens with zero attached hydrogens (tertiary/aromatic N) is 1. The molecule has 0 aliphatic carbocycles. The van der Waals surface area contributed by atoms with Crippen LogP contribution in [0.1, 0.15) is 30.9 Å². The summed E-state index contributed by atoms with van der Waals surface area (Å²) in [6.45, 7) is 3.61. The molecule has 0 spiro atoms. The van der Waals surface area contributed by atoms with Gasteiger partial charge < -0.3 is 10.1 Å². The fourth-order valence-corrected chi connectivity index (χ4v) is 2.54. The molecule has 0 aromatic heterocycles. The monoisotopic (exact) mass is 290 g/mol. The zero-order valence-electron chi connectivity index (χ0n) is 12.6. The summed E-state index contributed by atoms with van der Waals surface area (Å²) in [6.07, 6.45) is 1.06. The smallest absolute Gasteiger partial charge is 0.246 e. The first-order chi connectivity index (χ1) is 10.2. The van der Waals surface area contributed by atoms with Crippen molar-refractivity contribution in [2.24, 2.45) is 0 Å². The van der Waals surface area contributed by atoms with E-state index in [1.807, 2.05) is 31.2 Å². The average molecular weight is 290 g/mol. The van der Waals surface area contributed by atoms with Crippen molar-refractivity contribution in [3.8, 4) is 0 Å². The molecule has 1 aliphatic rings. The minimum atomic E-state index is -0.393. The van der Waals surface area contributed by atoms with Gasteiger partial charge in [-0.1, -0.05) is 31.2 Å². The quantitative estimate of drug-likeness (QED) is 0.772. The number of benzene rings is 1. The first kappa shape index (κ1) is 15.7. The van der Waals surface area contributed by atoms with E-state index >= 15 is 0 Å². The third-order valence-electron chi connectivity index (χ3n) is 3.55. The highest BCUT2D eigenvalue weighted by atomic mass is 16.5. The molecule has 5 heteroatoms. The molecule has 0 radical (unpaired) electrons. The van der Waals surface area contributed by atoms with Crippen molar-refractivity contribution in [1.82, 2.24) is 10.2 Å². The standard InChI is InChI=1S/C16H22N2O3/c1-3-7-18-15(19)9-14(16(18)20)17-10-12-5-4-6-13(8-12)11-21-2/h4-6,8,14,17H,3,7,9-11H2,1-2H3. The molecule has 1 atom stereocenters. The van der Waals surface area contributed by atoms with Crippen LogP contribution in [0.4, 0.5) is 0 Å². The van der Waals surface area contributed by atoms with E-state index in [2.05, 4.69) is 5.32 Å². The Labute approximate surface area is 125 Å². The molecule has 21 heavy (non-hydrogen) atoms. The summed E-state index contributed by atoms with van der Waals surface area (Å²) in [5.74, 6) is -0.178. The maximum absolute atomic E-state index is 12.1. The van der Waals surface area contributed by atoms with Gasteiger partial charge in [-0.3, -0.25) is 14.5 Å². The van der Waals surface area contributed by atoms with Gasteiger partial charge in [0.05, 0.1) is 19.1 Å². The van der Waals surface area contributed by atoms with E-state index in [0.29, 0.717) is 19.7 Å². The van der Waals surface area contributed by atoms with Crippen molar-refractivity contribution in [3.05, 3.63) is 35.4 Å². The van der Waals surface area contributed by atoms with Gasteiger partial charge >= 0.3 is 0 Å². The third kappa shape index (κ3) is 3.89. The van der Waals surface area contributed by atoms with Crippen LogP contribution in [0.3, 0.4) is 0 Å². The molecule has 0 bridgehead atoms. The predicted molar refractivity (Wildman–Crippen MR) is 79.4 cm³/mol. The Balaban J connectivity index is 1.93. The number of ether oxygens (including phenoxy) is 1. The fraction of sp³-hybridized carbons (Fsp3) is 0.500. The van der Waals surface area contributed by atoms with Crippen LogP contribution in [0.15, 0.2) is 24.3 Å². The summed E-state index contributed by atoms with van der Waals surface area (Å²) in [5, 5.41) is 3.18. The number of imide groups is 1. The molecular formula is C16H22N2O3. The van der Waals surface area contributed by atoms with Crippen molar-refractivity contribution >= 4 is 11.8 Å². The van der Waals surface area contributed by atoms with Gasteiger partial charge in [0.1, 0.15) is 0 Å². The number of likely N-dealkylation sites (tertiary alicyclic amines) is 1. The largest absolute Gasteiger partial charge is 0.380 e. The van der Waals surface area contributed by atoms with E-state index in [9.17, 15) is 9.59 Å². The zero-order chi connectivity index (χ0) is 15.2. The van der Waals surface area contributed by atoms with Crippen LogP contribution >= 0.6 is 0 Å². The van der Waals surface area contributed by atoms with Crippen LogP contribution < -0.4 is 5.32 Å². The molecule has 1 saturated heterocycles. The Morgan fingerprint density at radius 1 is 1.33 bits per heavy atom. The summed E-state index contributed by atoms with van der Waals surface area (Å²) in [7, 11) is 1.66. The van der Waals surface area contributed by atoms with Crippen LogP contribution in [0.5, 0.6) is 0 Å². The molecule has 1 N–H and O–H groups in total. The summed E-state index contributed by atoms with van der Waals surface area (Å²) in [6, 6.07) is 7.62. The Hall–Kier alpha value is -1.72. The number of hydrogen-bond donors (Lipinski definition) is 1. The maximum atomic E-state index is 12.1. The SMILES string of the molecule is CCCN1C(=O)CC(NCc2cccc(COC)c2)C1=O. The van der Waals surface area contributed by atoms with Crippen molar-refractivity contribution in [2.75, 3.05) is 13.7 Å². The second-order valence-electron chi connectivity index (χ2n) is 5.27. The number of carbonyl (C=O) groups excluding carboxylic acids is 2. The van der Waals surface area contributed by atoms with E-state index in [1.54, 1.807) is 7.11 Å². The van der Waals surface area contributed by atoms with Gasteiger partial charge in [0, 0.05) is 20.2 Å². The first-order valence-corrected chi connectivity index (χ1v) is 7.30. The van der Waals surface area contributed by atoms with Crippen LogP contribution in [-0.4, -0.2) is 36.4 Å². The molecule has 5 nitrogen and oxygen atoms in total. The molecular weight excluding hydrogens is 268 g/mol. The highest BCUT2D eigenvalue weighted by molar-refractivity contribution is 6.05. The molecule has 1 fully saturated rings. The molecule has 1 aromatic rings. The van der Waals surface area contributed by atoms with Gasteiger partial charge in [0.25, 0.3) is 0 Å². The number of amides is 2. The minimum absolute atomic E-state index is 0.0764. The molecule has 2 amide bonds. The molecule has 2 rings (SSSR count). The number of methoxy groups -OCH3 is 1. The van der Waals surface area contributed by atoms with Gasteiger partial charge in [0.15, 0.2) is 0 Å². The van der Waals surface area contributed by atoms with E-state index in [-0.39, 0.29) is 18.2 Å². The Bertz CT molecular complexity index is 516. The Morgan fingerprint density at radius 3 is 2.81 bits per heavy atom. The second kappa shape index (κ2) is 7.33. The number of nitrogens with one attached hydrogen (secondary N) is 1. The van der Waals surface area contributed by atoms with Gasteiger partial charge in [0.2, 0.25) is 11.8 Å². The van der Waals surface area contributed by atoms with Crippen LogP contribution in [0.2, 0.25) is 0 Å². The average Bonchev–Trinajstić information content (AvgIpc) is 2.74. The predicted octanol–water partition coefficient (Wildman–Crippen LogP) is 1.46. The zero-order valence-corrected chi connectivity index (χ0v) is 12.6. The highest BCUT2D eigenvalue weighted by Gasteiger charge is 2.37. The van der Waals surface area contributed by atoms with Crippen molar-refractivity contribution in [3.63, 3.8) is 0 Å².